The van der Waals surface area contributed by atoms with Crippen molar-refractivity contribution < 1.29 is 19.2 Å². The fourth-order valence-corrected chi connectivity index (χ4v) is 0.593. The Morgan fingerprint density at radius 2 is 1.92 bits per heavy atom. The summed E-state index contributed by atoms with van der Waals surface area (Å²) in [5, 5.41) is 1.20. The molecule has 0 aliphatic heterocycles. The third-order valence-electron chi connectivity index (χ3n) is 1.26. The van der Waals surface area contributed by atoms with Crippen LogP contribution in [0.5, 0.6) is 0 Å². The average molecular weight is 189 g/mol. The van der Waals surface area contributed by atoms with Gasteiger partial charge in [-0.15, -0.1) is 0 Å². The van der Waals surface area contributed by atoms with Gasteiger partial charge in [-0.2, -0.15) is 0 Å². The highest BCUT2D eigenvalue weighted by molar-refractivity contribution is 5.86. The quantitative estimate of drug-likeness (QED) is 0.346. The maximum absolute atomic E-state index is 10.9. The number of hydroxylamine groups is 2. The predicted octanol–water partition coefficient (Wildman–Crippen LogP) is 0.530. The lowest BCUT2D eigenvalue weighted by molar-refractivity contribution is -0.344. The highest BCUT2D eigenvalue weighted by Gasteiger charge is 2.05. The maximum atomic E-state index is 10.9. The van der Waals surface area contributed by atoms with Crippen LogP contribution in [0.1, 0.15) is 6.92 Å². The first-order valence-corrected chi connectivity index (χ1v) is 3.80. The van der Waals surface area contributed by atoms with Gasteiger partial charge in [-0.05, 0) is 6.92 Å². The van der Waals surface area contributed by atoms with Crippen molar-refractivity contribution in [2.75, 3.05) is 27.4 Å². The van der Waals surface area contributed by atoms with E-state index in [4.69, 9.17) is 14.4 Å². The van der Waals surface area contributed by atoms with E-state index in [1.54, 1.807) is 6.92 Å². The minimum Gasteiger partial charge on any atom is -0.461 e. The lowest BCUT2D eigenvalue weighted by Crippen LogP contribution is -2.26. The molecule has 0 heterocycles. The van der Waals surface area contributed by atoms with Gasteiger partial charge in [0.15, 0.2) is 0 Å². The van der Waals surface area contributed by atoms with Crippen molar-refractivity contribution >= 4 is 5.97 Å². The van der Waals surface area contributed by atoms with Crippen LogP contribution in [0.25, 0.3) is 0 Å². The average Bonchev–Trinajstić information content (AvgIpc) is 2.12. The van der Waals surface area contributed by atoms with Crippen LogP contribution >= 0.6 is 0 Å². The first-order valence-electron chi connectivity index (χ1n) is 3.80. The van der Waals surface area contributed by atoms with Crippen molar-refractivity contribution in [3.63, 3.8) is 0 Å². The SMILES string of the molecule is C=C(C)C(=O)OCCN(OC)OC. The molecule has 0 aliphatic rings. The highest BCUT2D eigenvalue weighted by Crippen LogP contribution is 1.93. The summed E-state index contributed by atoms with van der Waals surface area (Å²) in [7, 11) is 2.92. The van der Waals surface area contributed by atoms with Gasteiger partial charge in [0.25, 0.3) is 0 Å². The Balaban J connectivity index is 3.54. The molecular formula is C8H15NO4. The van der Waals surface area contributed by atoms with Crippen molar-refractivity contribution in [3.8, 4) is 0 Å². The molecule has 0 amide bonds. The van der Waals surface area contributed by atoms with Crippen LogP contribution in [0, 0.1) is 0 Å². The van der Waals surface area contributed by atoms with Crippen molar-refractivity contribution in [3.05, 3.63) is 12.2 Å². The normalized spacial score (nSPS) is 10.2. The predicted molar refractivity (Wildman–Crippen MR) is 46.5 cm³/mol. The Kier molecular flexibility index (Phi) is 6.13. The van der Waals surface area contributed by atoms with Crippen LogP contribution < -0.4 is 0 Å². The fourth-order valence-electron chi connectivity index (χ4n) is 0.593. The second-order valence-corrected chi connectivity index (χ2v) is 2.34. The van der Waals surface area contributed by atoms with E-state index < -0.39 is 5.97 Å². The molecular weight excluding hydrogens is 174 g/mol. The second-order valence-electron chi connectivity index (χ2n) is 2.34. The summed E-state index contributed by atoms with van der Waals surface area (Å²) in [6.45, 7) is 5.59. The van der Waals surface area contributed by atoms with E-state index in [0.717, 1.165) is 0 Å². The first-order chi connectivity index (χ1) is 6.11. The minimum atomic E-state index is -0.410. The van der Waals surface area contributed by atoms with Crippen molar-refractivity contribution in [2.45, 2.75) is 6.92 Å². The van der Waals surface area contributed by atoms with Gasteiger partial charge < -0.3 is 4.74 Å². The molecule has 0 fully saturated rings. The van der Waals surface area contributed by atoms with Crippen molar-refractivity contribution in [1.82, 2.24) is 5.23 Å². The Morgan fingerprint density at radius 3 is 2.31 bits per heavy atom. The number of nitrogens with zero attached hydrogens (tertiary/aromatic N) is 1. The van der Waals surface area contributed by atoms with Gasteiger partial charge in [-0.25, -0.2) is 4.79 Å². The molecule has 0 atom stereocenters. The topological polar surface area (TPSA) is 48.0 Å². The molecule has 0 aliphatic carbocycles. The molecule has 0 spiro atoms. The summed E-state index contributed by atoms with van der Waals surface area (Å²) < 4.78 is 4.80. The molecule has 0 bridgehead atoms. The largest absolute Gasteiger partial charge is 0.461 e. The van der Waals surface area contributed by atoms with E-state index in [9.17, 15) is 4.79 Å². The van der Waals surface area contributed by atoms with Crippen LogP contribution in [0.3, 0.4) is 0 Å². The molecule has 76 valence electrons. The Bertz CT molecular complexity index is 177. The number of ether oxygens (including phenoxy) is 1. The molecule has 0 saturated carbocycles. The van der Waals surface area contributed by atoms with Crippen molar-refractivity contribution in [1.29, 1.82) is 0 Å². The zero-order valence-corrected chi connectivity index (χ0v) is 8.20. The summed E-state index contributed by atoms with van der Waals surface area (Å²) in [5.41, 5.74) is 0.376. The first kappa shape index (κ1) is 12.1. The number of rotatable bonds is 6. The minimum absolute atomic E-state index is 0.202. The number of carbonyl (C=O) groups excluding carboxylic acids is 1. The summed E-state index contributed by atoms with van der Waals surface area (Å²) in [5.74, 6) is -0.410. The lowest BCUT2D eigenvalue weighted by Gasteiger charge is -2.15. The molecule has 0 rings (SSSR count). The van der Waals surface area contributed by atoms with Crippen LogP contribution in [0.2, 0.25) is 0 Å². The molecule has 0 aromatic rings. The van der Waals surface area contributed by atoms with E-state index in [1.165, 1.54) is 19.4 Å². The van der Waals surface area contributed by atoms with Gasteiger partial charge in [0.05, 0.1) is 20.8 Å². The molecule has 13 heavy (non-hydrogen) atoms. The summed E-state index contributed by atoms with van der Waals surface area (Å²) in [6.07, 6.45) is 0. The number of hydrogen-bond donors (Lipinski definition) is 0. The van der Waals surface area contributed by atoms with Crippen molar-refractivity contribution in [2.24, 2.45) is 0 Å². The van der Waals surface area contributed by atoms with Gasteiger partial charge in [0.1, 0.15) is 6.61 Å². The summed E-state index contributed by atoms with van der Waals surface area (Å²) in [4.78, 5) is 20.4. The number of carbonyl (C=O) groups is 1. The van der Waals surface area contributed by atoms with E-state index in [1.807, 2.05) is 0 Å². The molecule has 0 radical (unpaired) electrons. The van der Waals surface area contributed by atoms with Crippen LogP contribution in [-0.4, -0.2) is 38.6 Å². The van der Waals surface area contributed by atoms with Gasteiger partial charge in [-0.1, -0.05) is 11.8 Å². The van der Waals surface area contributed by atoms with Crippen LogP contribution in [0.15, 0.2) is 12.2 Å². The van der Waals surface area contributed by atoms with E-state index in [2.05, 4.69) is 6.58 Å². The molecule has 0 aromatic heterocycles. The zero-order valence-electron chi connectivity index (χ0n) is 8.20. The summed E-state index contributed by atoms with van der Waals surface area (Å²) in [6, 6.07) is 0. The standard InChI is InChI=1S/C8H15NO4/c1-7(2)8(10)13-6-5-9(11-3)12-4/h1,5-6H2,2-4H3. The third-order valence-corrected chi connectivity index (χ3v) is 1.26. The number of esters is 1. The third kappa shape index (κ3) is 5.35. The molecule has 0 aromatic carbocycles. The molecule has 0 unspecified atom stereocenters. The Hall–Kier alpha value is -0.910. The van der Waals surface area contributed by atoms with Crippen LogP contribution in [0.4, 0.5) is 0 Å². The number of hydrogen-bond acceptors (Lipinski definition) is 5. The van der Waals surface area contributed by atoms with Crippen LogP contribution in [-0.2, 0) is 19.2 Å². The van der Waals surface area contributed by atoms with E-state index >= 15 is 0 Å². The maximum Gasteiger partial charge on any atom is 0.333 e. The second kappa shape index (κ2) is 6.59. The van der Waals surface area contributed by atoms with Gasteiger partial charge in [-0.3, -0.25) is 9.68 Å². The van der Waals surface area contributed by atoms with Gasteiger partial charge in [0.2, 0.25) is 0 Å². The van der Waals surface area contributed by atoms with Gasteiger partial charge >= 0.3 is 5.97 Å². The monoisotopic (exact) mass is 189 g/mol. The highest BCUT2D eigenvalue weighted by atomic mass is 16.9. The fraction of sp³-hybridized carbons (Fsp3) is 0.625. The lowest BCUT2D eigenvalue weighted by atomic mass is 10.4. The molecule has 5 nitrogen and oxygen atoms in total. The molecule has 5 heteroatoms. The molecule has 0 N–H and O–H groups in total. The van der Waals surface area contributed by atoms with Gasteiger partial charge in [0, 0.05) is 5.57 Å². The van der Waals surface area contributed by atoms with E-state index in [0.29, 0.717) is 12.1 Å². The Labute approximate surface area is 77.8 Å². The zero-order chi connectivity index (χ0) is 10.3. The van der Waals surface area contributed by atoms with E-state index in [-0.39, 0.29) is 6.61 Å². The smallest absolute Gasteiger partial charge is 0.333 e. The Morgan fingerprint density at radius 1 is 1.38 bits per heavy atom. The molecule has 0 saturated heterocycles. The summed E-state index contributed by atoms with van der Waals surface area (Å²) >= 11 is 0.